The van der Waals surface area contributed by atoms with Gasteiger partial charge in [0.25, 0.3) is 0 Å². The van der Waals surface area contributed by atoms with Crippen molar-refractivity contribution in [3.05, 3.63) is 35.4 Å². The van der Waals surface area contributed by atoms with Crippen molar-refractivity contribution in [1.82, 2.24) is 5.43 Å². The Hall–Kier alpha value is -1.04. The summed E-state index contributed by atoms with van der Waals surface area (Å²) in [7, 11) is 1.56. The molecule has 90 valence electrons. The van der Waals surface area contributed by atoms with Crippen LogP contribution in [-0.2, 0) is 4.74 Å². The van der Waals surface area contributed by atoms with Gasteiger partial charge in [-0.1, -0.05) is 12.1 Å². The highest BCUT2D eigenvalue weighted by Crippen LogP contribution is 2.23. The topological polar surface area (TPSA) is 47.3 Å². The molecule has 1 aromatic carbocycles. The first-order chi connectivity index (χ1) is 7.60. The smallest absolute Gasteiger partial charge is 0.163 e. The number of methoxy groups -OCH3 is 1. The van der Waals surface area contributed by atoms with E-state index >= 15 is 0 Å². The van der Waals surface area contributed by atoms with Crippen molar-refractivity contribution in [1.29, 1.82) is 0 Å². The van der Waals surface area contributed by atoms with E-state index in [0.717, 1.165) is 6.07 Å². The van der Waals surface area contributed by atoms with Crippen LogP contribution in [0.4, 0.5) is 8.78 Å². The number of rotatable bonds is 5. The molecule has 0 amide bonds. The average Bonchev–Trinajstić information content (AvgIpc) is 2.29. The first kappa shape index (κ1) is 13.0. The van der Waals surface area contributed by atoms with Gasteiger partial charge in [0.05, 0.1) is 12.1 Å². The van der Waals surface area contributed by atoms with Crippen LogP contribution < -0.4 is 11.3 Å². The van der Waals surface area contributed by atoms with E-state index in [4.69, 9.17) is 10.6 Å². The highest BCUT2D eigenvalue weighted by Gasteiger charge is 2.19. The molecule has 0 aliphatic rings. The van der Waals surface area contributed by atoms with Crippen molar-refractivity contribution < 1.29 is 13.5 Å². The summed E-state index contributed by atoms with van der Waals surface area (Å²) in [6.07, 6.45) is 0.372. The molecule has 0 radical (unpaired) electrons. The van der Waals surface area contributed by atoms with Gasteiger partial charge in [0.1, 0.15) is 0 Å². The molecule has 1 aromatic rings. The molecule has 0 bridgehead atoms. The second kappa shape index (κ2) is 5.89. The normalized spacial score (nSPS) is 14.8. The fraction of sp³-hybridized carbons (Fsp3) is 0.455. The maximum absolute atomic E-state index is 13.5. The fourth-order valence-electron chi connectivity index (χ4n) is 1.50. The highest BCUT2D eigenvalue weighted by molar-refractivity contribution is 5.22. The standard InChI is InChI=1S/C11H16F2N2O/c1-7(16-2)6-10(15-14)8-4-3-5-9(12)11(8)13/h3-5,7,10,15H,6,14H2,1-2H3. The number of benzene rings is 1. The van der Waals surface area contributed by atoms with Gasteiger partial charge in [-0.25, -0.2) is 8.78 Å². The van der Waals surface area contributed by atoms with Gasteiger partial charge >= 0.3 is 0 Å². The molecular formula is C11H16F2N2O. The molecule has 2 atom stereocenters. The van der Waals surface area contributed by atoms with E-state index in [0.29, 0.717) is 6.42 Å². The molecule has 2 unspecified atom stereocenters. The molecule has 0 spiro atoms. The number of halogens is 2. The molecule has 0 fully saturated rings. The summed E-state index contributed by atoms with van der Waals surface area (Å²) in [5, 5.41) is 0. The van der Waals surface area contributed by atoms with Crippen LogP contribution in [0.15, 0.2) is 18.2 Å². The third-order valence-corrected chi connectivity index (χ3v) is 2.53. The molecule has 3 nitrogen and oxygen atoms in total. The molecule has 1 rings (SSSR count). The van der Waals surface area contributed by atoms with E-state index < -0.39 is 17.7 Å². The largest absolute Gasteiger partial charge is 0.382 e. The number of nitrogens with two attached hydrogens (primary N) is 1. The summed E-state index contributed by atoms with van der Waals surface area (Å²) in [6.45, 7) is 1.83. The van der Waals surface area contributed by atoms with Gasteiger partial charge in [0.2, 0.25) is 0 Å². The predicted octanol–water partition coefficient (Wildman–Crippen LogP) is 1.89. The maximum Gasteiger partial charge on any atom is 0.163 e. The lowest BCUT2D eigenvalue weighted by Crippen LogP contribution is -2.31. The van der Waals surface area contributed by atoms with Gasteiger partial charge in [-0.3, -0.25) is 11.3 Å². The number of nitrogens with one attached hydrogen (secondary N) is 1. The summed E-state index contributed by atoms with van der Waals surface area (Å²) >= 11 is 0. The average molecular weight is 230 g/mol. The predicted molar refractivity (Wildman–Crippen MR) is 57.5 cm³/mol. The third kappa shape index (κ3) is 2.98. The summed E-state index contributed by atoms with van der Waals surface area (Å²) in [4.78, 5) is 0. The number of hydrogen-bond acceptors (Lipinski definition) is 3. The lowest BCUT2D eigenvalue weighted by atomic mass is 10.0. The van der Waals surface area contributed by atoms with Crippen LogP contribution in [0.1, 0.15) is 24.9 Å². The van der Waals surface area contributed by atoms with Crippen LogP contribution in [0.5, 0.6) is 0 Å². The molecule has 3 N–H and O–H groups in total. The van der Waals surface area contributed by atoms with Crippen molar-refractivity contribution in [2.75, 3.05) is 7.11 Å². The zero-order chi connectivity index (χ0) is 12.1. The van der Waals surface area contributed by atoms with Crippen molar-refractivity contribution in [2.24, 2.45) is 5.84 Å². The molecule has 0 heterocycles. The van der Waals surface area contributed by atoms with Crippen molar-refractivity contribution in [3.8, 4) is 0 Å². The quantitative estimate of drug-likeness (QED) is 0.600. The van der Waals surface area contributed by atoms with Crippen molar-refractivity contribution >= 4 is 0 Å². The van der Waals surface area contributed by atoms with Crippen molar-refractivity contribution in [3.63, 3.8) is 0 Å². The molecular weight excluding hydrogens is 214 g/mol. The van der Waals surface area contributed by atoms with E-state index in [1.807, 2.05) is 6.92 Å². The van der Waals surface area contributed by atoms with Crippen molar-refractivity contribution in [2.45, 2.75) is 25.5 Å². The van der Waals surface area contributed by atoms with Gasteiger partial charge < -0.3 is 4.74 Å². The SMILES string of the molecule is COC(C)CC(NN)c1cccc(F)c1F. The second-order valence-electron chi connectivity index (χ2n) is 3.64. The maximum atomic E-state index is 13.5. The molecule has 0 saturated carbocycles. The van der Waals surface area contributed by atoms with Crippen LogP contribution in [-0.4, -0.2) is 13.2 Å². The van der Waals surface area contributed by atoms with Gasteiger partial charge in [0, 0.05) is 12.7 Å². The Balaban J connectivity index is 2.90. The number of hydrazine groups is 1. The molecule has 0 aliphatic carbocycles. The first-order valence-electron chi connectivity index (χ1n) is 5.03. The Labute approximate surface area is 93.6 Å². The Morgan fingerprint density at radius 3 is 2.69 bits per heavy atom. The zero-order valence-corrected chi connectivity index (χ0v) is 9.34. The van der Waals surface area contributed by atoms with Gasteiger partial charge in [-0.15, -0.1) is 0 Å². The summed E-state index contributed by atoms with van der Waals surface area (Å²) in [5.74, 6) is 3.59. The van der Waals surface area contributed by atoms with Crippen LogP contribution >= 0.6 is 0 Å². The van der Waals surface area contributed by atoms with Crippen LogP contribution in [0.25, 0.3) is 0 Å². The van der Waals surface area contributed by atoms with Crippen LogP contribution in [0.2, 0.25) is 0 Å². The molecule has 16 heavy (non-hydrogen) atoms. The monoisotopic (exact) mass is 230 g/mol. The Bertz CT molecular complexity index is 347. The zero-order valence-electron chi connectivity index (χ0n) is 9.34. The highest BCUT2D eigenvalue weighted by atomic mass is 19.2. The Morgan fingerprint density at radius 2 is 2.12 bits per heavy atom. The fourth-order valence-corrected chi connectivity index (χ4v) is 1.50. The second-order valence-corrected chi connectivity index (χ2v) is 3.64. The number of hydrogen-bond donors (Lipinski definition) is 2. The first-order valence-corrected chi connectivity index (χ1v) is 5.03. The van der Waals surface area contributed by atoms with Gasteiger partial charge in [0.15, 0.2) is 11.6 Å². The van der Waals surface area contributed by atoms with E-state index in [1.54, 1.807) is 7.11 Å². The van der Waals surface area contributed by atoms with Gasteiger partial charge in [-0.05, 0) is 19.4 Å². The Morgan fingerprint density at radius 1 is 1.44 bits per heavy atom. The van der Waals surface area contributed by atoms with E-state index in [-0.39, 0.29) is 11.7 Å². The van der Waals surface area contributed by atoms with Crippen LogP contribution in [0.3, 0.4) is 0 Å². The molecule has 0 aliphatic heterocycles. The third-order valence-electron chi connectivity index (χ3n) is 2.53. The van der Waals surface area contributed by atoms with Crippen LogP contribution in [0, 0.1) is 11.6 Å². The minimum Gasteiger partial charge on any atom is -0.382 e. The minimum atomic E-state index is -0.872. The minimum absolute atomic E-state index is 0.0938. The van der Waals surface area contributed by atoms with Gasteiger partial charge in [-0.2, -0.15) is 0 Å². The van der Waals surface area contributed by atoms with E-state index in [9.17, 15) is 8.78 Å². The summed E-state index contributed by atoms with van der Waals surface area (Å²) in [5.41, 5.74) is 2.68. The lowest BCUT2D eigenvalue weighted by molar-refractivity contribution is 0.0999. The number of ether oxygens (including phenoxy) is 1. The molecule has 5 heteroatoms. The van der Waals surface area contributed by atoms with E-state index in [2.05, 4.69) is 5.43 Å². The summed E-state index contributed by atoms with van der Waals surface area (Å²) < 4.78 is 31.6. The summed E-state index contributed by atoms with van der Waals surface area (Å²) in [6, 6.07) is 3.57. The Kier molecular flexibility index (Phi) is 4.79. The molecule has 0 aromatic heterocycles. The lowest BCUT2D eigenvalue weighted by Gasteiger charge is -2.20. The van der Waals surface area contributed by atoms with E-state index in [1.165, 1.54) is 12.1 Å². The molecule has 0 saturated heterocycles.